The molecule has 1 aliphatic rings. The monoisotopic (exact) mass is 500 g/mol. The van der Waals surface area contributed by atoms with Gasteiger partial charge in [0, 0.05) is 38.6 Å². The van der Waals surface area contributed by atoms with Crippen molar-refractivity contribution in [1.82, 2.24) is 20.2 Å². The average molecular weight is 500 g/mol. The second kappa shape index (κ2) is 10.6. The summed E-state index contributed by atoms with van der Waals surface area (Å²) in [7, 11) is 1.43. The molecule has 0 bridgehead atoms. The molecule has 12 heteroatoms. The Labute approximate surface area is 204 Å². The van der Waals surface area contributed by atoms with Gasteiger partial charge in [-0.3, -0.25) is 9.59 Å². The molecule has 188 valence electrons. The fraction of sp³-hybridized carbons (Fsp3) is 0.250. The highest BCUT2D eigenvalue weighted by Gasteiger charge is 2.34. The Morgan fingerprint density at radius 3 is 2.33 bits per heavy atom. The van der Waals surface area contributed by atoms with E-state index in [1.165, 1.54) is 31.4 Å². The van der Waals surface area contributed by atoms with E-state index in [9.17, 15) is 22.8 Å². The number of rotatable bonds is 6. The average Bonchev–Trinajstić information content (AvgIpc) is 2.88. The van der Waals surface area contributed by atoms with E-state index >= 15 is 0 Å². The summed E-state index contributed by atoms with van der Waals surface area (Å²) >= 11 is 0. The fourth-order valence-electron chi connectivity index (χ4n) is 3.60. The maximum atomic E-state index is 13.7. The van der Waals surface area contributed by atoms with Crippen LogP contribution in [-0.4, -0.2) is 60.0 Å². The molecule has 0 unspecified atom stereocenters. The van der Waals surface area contributed by atoms with Crippen LogP contribution in [0.1, 0.15) is 26.3 Å². The number of ether oxygens (including phenoxy) is 1. The molecule has 1 aromatic carbocycles. The van der Waals surface area contributed by atoms with Crippen LogP contribution in [0.25, 0.3) is 0 Å². The molecule has 2 aromatic heterocycles. The summed E-state index contributed by atoms with van der Waals surface area (Å²) in [6.45, 7) is 1.94. The van der Waals surface area contributed by atoms with Crippen LogP contribution in [0.4, 0.5) is 36.2 Å². The SMILES string of the molecule is CNC(=O)c1ccccc1Nc1cc(Nc2ccc(C(=O)N3CCOCC3)cn2)ncc1C(F)(F)F. The van der Waals surface area contributed by atoms with Crippen molar-refractivity contribution < 1.29 is 27.5 Å². The van der Waals surface area contributed by atoms with E-state index < -0.39 is 17.6 Å². The van der Waals surface area contributed by atoms with Crippen LogP contribution in [0.3, 0.4) is 0 Å². The smallest absolute Gasteiger partial charge is 0.378 e. The zero-order valence-corrected chi connectivity index (χ0v) is 19.2. The molecular formula is C24H23F3N6O3. The molecule has 4 rings (SSSR count). The Kier molecular flexibility index (Phi) is 7.34. The number of amides is 2. The lowest BCUT2D eigenvalue weighted by atomic mass is 10.1. The number of halogens is 3. The van der Waals surface area contributed by atoms with Crippen molar-refractivity contribution in [2.45, 2.75) is 6.18 Å². The van der Waals surface area contributed by atoms with E-state index in [1.54, 1.807) is 29.2 Å². The molecule has 1 saturated heterocycles. The first-order chi connectivity index (χ1) is 17.3. The number of hydrogen-bond acceptors (Lipinski definition) is 7. The number of carbonyl (C=O) groups is 2. The molecule has 3 N–H and O–H groups in total. The summed E-state index contributed by atoms with van der Waals surface area (Å²) in [5.41, 5.74) is -0.532. The Balaban J connectivity index is 1.57. The maximum Gasteiger partial charge on any atom is 0.419 e. The van der Waals surface area contributed by atoms with E-state index in [0.717, 1.165) is 0 Å². The second-order valence-corrected chi connectivity index (χ2v) is 7.82. The molecule has 0 radical (unpaired) electrons. The van der Waals surface area contributed by atoms with Crippen molar-refractivity contribution in [2.75, 3.05) is 44.0 Å². The number of anilines is 4. The van der Waals surface area contributed by atoms with Gasteiger partial charge in [-0.2, -0.15) is 13.2 Å². The van der Waals surface area contributed by atoms with Gasteiger partial charge in [0.25, 0.3) is 11.8 Å². The molecule has 0 spiro atoms. The molecule has 1 aliphatic heterocycles. The number of nitrogens with zero attached hydrogens (tertiary/aromatic N) is 3. The molecule has 36 heavy (non-hydrogen) atoms. The van der Waals surface area contributed by atoms with Crippen molar-refractivity contribution in [3.63, 3.8) is 0 Å². The van der Waals surface area contributed by atoms with Crippen molar-refractivity contribution in [2.24, 2.45) is 0 Å². The van der Waals surface area contributed by atoms with Crippen LogP contribution in [0.15, 0.2) is 54.9 Å². The van der Waals surface area contributed by atoms with Gasteiger partial charge in [-0.05, 0) is 24.3 Å². The summed E-state index contributed by atoms with van der Waals surface area (Å²) in [5, 5.41) is 8.02. The van der Waals surface area contributed by atoms with Crippen LogP contribution in [0, 0.1) is 0 Å². The minimum absolute atomic E-state index is 0.0858. The summed E-state index contributed by atoms with van der Waals surface area (Å²) in [5.74, 6) is -0.249. The fourth-order valence-corrected chi connectivity index (χ4v) is 3.60. The number of morpholine rings is 1. The lowest BCUT2D eigenvalue weighted by Gasteiger charge is -2.26. The first-order valence-electron chi connectivity index (χ1n) is 11.0. The van der Waals surface area contributed by atoms with E-state index in [2.05, 4.69) is 25.9 Å². The molecule has 0 aliphatic carbocycles. The van der Waals surface area contributed by atoms with Crippen LogP contribution in [-0.2, 0) is 10.9 Å². The quantitative estimate of drug-likeness (QED) is 0.472. The topological polar surface area (TPSA) is 108 Å². The highest BCUT2D eigenvalue weighted by atomic mass is 19.4. The molecule has 0 saturated carbocycles. The van der Waals surface area contributed by atoms with Crippen molar-refractivity contribution in [3.05, 3.63) is 71.5 Å². The third-order valence-electron chi connectivity index (χ3n) is 5.44. The van der Waals surface area contributed by atoms with E-state index in [-0.39, 0.29) is 34.5 Å². The first kappa shape index (κ1) is 24.9. The summed E-state index contributed by atoms with van der Waals surface area (Å²) in [6, 6.07) is 10.5. The van der Waals surface area contributed by atoms with Crippen LogP contribution in [0.2, 0.25) is 0 Å². The minimum Gasteiger partial charge on any atom is -0.378 e. The van der Waals surface area contributed by atoms with Crippen LogP contribution < -0.4 is 16.0 Å². The number of alkyl halides is 3. The molecule has 9 nitrogen and oxygen atoms in total. The van der Waals surface area contributed by atoms with Gasteiger partial charge in [0.1, 0.15) is 11.6 Å². The Bertz CT molecular complexity index is 1240. The second-order valence-electron chi connectivity index (χ2n) is 7.82. The van der Waals surface area contributed by atoms with Crippen molar-refractivity contribution in [3.8, 4) is 0 Å². The van der Waals surface area contributed by atoms with Crippen molar-refractivity contribution in [1.29, 1.82) is 0 Å². The Hall–Kier alpha value is -4.19. The number of hydrogen-bond donors (Lipinski definition) is 3. The zero-order valence-electron chi connectivity index (χ0n) is 19.2. The van der Waals surface area contributed by atoms with Gasteiger partial charge in [0.05, 0.1) is 41.3 Å². The minimum atomic E-state index is -4.68. The zero-order chi connectivity index (χ0) is 25.7. The largest absolute Gasteiger partial charge is 0.419 e. The Morgan fingerprint density at radius 1 is 0.944 bits per heavy atom. The predicted molar refractivity (Wildman–Crippen MR) is 127 cm³/mol. The van der Waals surface area contributed by atoms with Crippen LogP contribution >= 0.6 is 0 Å². The molecule has 0 atom stereocenters. The normalized spacial score (nSPS) is 13.7. The molecule has 1 fully saturated rings. The van der Waals surface area contributed by atoms with Gasteiger partial charge in [0.15, 0.2) is 0 Å². The number of para-hydroxylation sites is 1. The molecule has 3 heterocycles. The summed E-state index contributed by atoms with van der Waals surface area (Å²) in [6.07, 6.45) is -2.60. The lowest BCUT2D eigenvalue weighted by Crippen LogP contribution is -2.40. The highest BCUT2D eigenvalue weighted by molar-refractivity contribution is 6.00. The summed E-state index contributed by atoms with van der Waals surface area (Å²) < 4.78 is 46.3. The van der Waals surface area contributed by atoms with E-state index in [1.807, 2.05) is 0 Å². The predicted octanol–water partition coefficient (Wildman–Crippen LogP) is 3.81. The molecule has 3 aromatic rings. The van der Waals surface area contributed by atoms with Gasteiger partial charge in [-0.25, -0.2) is 9.97 Å². The van der Waals surface area contributed by atoms with Gasteiger partial charge in [-0.15, -0.1) is 0 Å². The maximum absolute atomic E-state index is 13.7. The van der Waals surface area contributed by atoms with Crippen molar-refractivity contribution >= 4 is 34.8 Å². The number of aromatic nitrogens is 2. The van der Waals surface area contributed by atoms with E-state index in [4.69, 9.17) is 4.74 Å². The van der Waals surface area contributed by atoms with Crippen LogP contribution in [0.5, 0.6) is 0 Å². The summed E-state index contributed by atoms with van der Waals surface area (Å²) in [4.78, 5) is 34.5. The Morgan fingerprint density at radius 2 is 1.67 bits per heavy atom. The third kappa shape index (κ3) is 5.71. The van der Waals surface area contributed by atoms with Gasteiger partial charge < -0.3 is 25.6 Å². The van der Waals surface area contributed by atoms with Gasteiger partial charge >= 0.3 is 6.18 Å². The number of carbonyl (C=O) groups excluding carboxylic acids is 2. The van der Waals surface area contributed by atoms with Gasteiger partial charge in [-0.1, -0.05) is 12.1 Å². The molecular weight excluding hydrogens is 477 g/mol. The number of pyridine rings is 2. The number of benzene rings is 1. The third-order valence-corrected chi connectivity index (χ3v) is 5.44. The van der Waals surface area contributed by atoms with Gasteiger partial charge in [0.2, 0.25) is 0 Å². The highest BCUT2D eigenvalue weighted by Crippen LogP contribution is 2.37. The molecule has 2 amide bonds. The van der Waals surface area contributed by atoms with E-state index in [0.29, 0.717) is 38.1 Å². The first-order valence-corrected chi connectivity index (χ1v) is 11.0. The number of nitrogens with one attached hydrogen (secondary N) is 3. The standard InChI is InChI=1S/C24H23F3N6O3/c1-28-22(34)16-4-2-3-5-18(16)31-19-12-21(30-14-17(19)24(25,26)27)32-20-7-6-15(13-29-20)23(35)33-8-10-36-11-9-33/h2-7,12-14H,8-11H2,1H3,(H,28,34)(H2,29,30,31,32). The lowest BCUT2D eigenvalue weighted by molar-refractivity contribution is -0.137.